The third kappa shape index (κ3) is 2.68. The zero-order valence-corrected chi connectivity index (χ0v) is 9.34. The van der Waals surface area contributed by atoms with Gasteiger partial charge in [-0.15, -0.1) is 11.3 Å². The molecule has 68 valence electrons. The van der Waals surface area contributed by atoms with E-state index in [9.17, 15) is 0 Å². The highest BCUT2D eigenvalue weighted by atomic mass is 32.2. The molecule has 12 heavy (non-hydrogen) atoms. The lowest BCUT2D eigenvalue weighted by Gasteiger charge is -2.13. The van der Waals surface area contributed by atoms with Crippen LogP contribution in [0.5, 0.6) is 0 Å². The van der Waals surface area contributed by atoms with Crippen molar-refractivity contribution in [3.63, 3.8) is 0 Å². The fraction of sp³-hybridized carbons (Fsp3) is 0.625. The smallest absolute Gasteiger partial charge is 0.185 e. The molecular weight excluding hydrogens is 188 g/mol. The summed E-state index contributed by atoms with van der Waals surface area (Å²) in [6.45, 7) is 3.11. The van der Waals surface area contributed by atoms with Crippen molar-refractivity contribution in [3.05, 3.63) is 11.1 Å². The number of nitrogens with zero attached hydrogens (tertiary/aromatic N) is 2. The minimum atomic E-state index is 1.08. The summed E-state index contributed by atoms with van der Waals surface area (Å²) in [5.74, 6) is 1.16. The summed E-state index contributed by atoms with van der Waals surface area (Å²) in [7, 11) is 2.09. The molecule has 4 heteroatoms. The van der Waals surface area contributed by atoms with Crippen LogP contribution in [0.2, 0.25) is 0 Å². The maximum Gasteiger partial charge on any atom is 0.185 e. The molecule has 0 atom stereocenters. The second kappa shape index (κ2) is 4.72. The fourth-order valence-corrected chi connectivity index (χ4v) is 2.09. The van der Waals surface area contributed by atoms with E-state index in [-0.39, 0.29) is 0 Å². The van der Waals surface area contributed by atoms with Crippen LogP contribution in [0.25, 0.3) is 0 Å². The van der Waals surface area contributed by atoms with Gasteiger partial charge >= 0.3 is 0 Å². The monoisotopic (exact) mass is 202 g/mol. The largest absolute Gasteiger partial charge is 0.350 e. The second-order valence-corrected chi connectivity index (χ2v) is 4.51. The molecule has 0 saturated heterocycles. The van der Waals surface area contributed by atoms with E-state index in [0.717, 1.165) is 23.1 Å². The van der Waals surface area contributed by atoms with Crippen LogP contribution in [-0.4, -0.2) is 30.6 Å². The Hall–Kier alpha value is -0.220. The van der Waals surface area contributed by atoms with Crippen molar-refractivity contribution in [3.8, 4) is 0 Å². The lowest BCUT2D eigenvalue weighted by atomic mass is 10.6. The summed E-state index contributed by atoms with van der Waals surface area (Å²) in [6.07, 6.45) is 2.13. The Morgan fingerprint density at radius 3 is 2.92 bits per heavy atom. The summed E-state index contributed by atoms with van der Waals surface area (Å²) in [5.41, 5.74) is 1.12. The van der Waals surface area contributed by atoms with Crippen molar-refractivity contribution in [2.45, 2.75) is 6.92 Å². The highest BCUT2D eigenvalue weighted by molar-refractivity contribution is 7.98. The van der Waals surface area contributed by atoms with Gasteiger partial charge in [0.05, 0.1) is 5.69 Å². The summed E-state index contributed by atoms with van der Waals surface area (Å²) in [6, 6.07) is 0. The molecule has 1 heterocycles. The summed E-state index contributed by atoms with van der Waals surface area (Å²) in [5, 5.41) is 3.21. The molecule has 0 aromatic carbocycles. The van der Waals surface area contributed by atoms with Gasteiger partial charge in [0.25, 0.3) is 0 Å². The molecule has 0 aliphatic heterocycles. The molecule has 0 bridgehead atoms. The van der Waals surface area contributed by atoms with Gasteiger partial charge in [0.1, 0.15) is 0 Å². The fourth-order valence-electron chi connectivity index (χ4n) is 0.841. The van der Waals surface area contributed by atoms with Gasteiger partial charge in [-0.25, -0.2) is 4.98 Å². The second-order valence-electron chi connectivity index (χ2n) is 2.69. The Morgan fingerprint density at radius 2 is 2.42 bits per heavy atom. The lowest BCUT2D eigenvalue weighted by Crippen LogP contribution is -2.19. The molecule has 0 aliphatic carbocycles. The van der Waals surface area contributed by atoms with E-state index in [0.29, 0.717) is 0 Å². The Bertz CT molecular complexity index is 235. The quantitative estimate of drug-likeness (QED) is 0.745. The number of hydrogen-bond donors (Lipinski definition) is 0. The minimum absolute atomic E-state index is 1.08. The van der Waals surface area contributed by atoms with E-state index in [2.05, 4.69) is 28.6 Å². The van der Waals surface area contributed by atoms with E-state index >= 15 is 0 Å². The van der Waals surface area contributed by atoms with Crippen molar-refractivity contribution in [1.82, 2.24) is 4.98 Å². The van der Waals surface area contributed by atoms with Crippen molar-refractivity contribution in [2.75, 3.05) is 30.5 Å². The van der Waals surface area contributed by atoms with E-state index in [1.165, 1.54) is 0 Å². The number of hydrogen-bond acceptors (Lipinski definition) is 4. The Balaban J connectivity index is 2.47. The average molecular weight is 202 g/mol. The van der Waals surface area contributed by atoms with Crippen LogP contribution < -0.4 is 4.90 Å². The van der Waals surface area contributed by atoms with E-state index in [1.54, 1.807) is 11.3 Å². The normalized spacial score (nSPS) is 10.2. The number of thioether (sulfide) groups is 1. The van der Waals surface area contributed by atoms with Gasteiger partial charge in [-0.2, -0.15) is 11.8 Å². The minimum Gasteiger partial charge on any atom is -0.350 e. The lowest BCUT2D eigenvalue weighted by molar-refractivity contribution is 0.962. The molecule has 0 amide bonds. The van der Waals surface area contributed by atoms with Gasteiger partial charge in [-0.05, 0) is 13.2 Å². The molecular formula is C8H14N2S2. The predicted molar refractivity (Wildman–Crippen MR) is 58.5 cm³/mol. The maximum atomic E-state index is 4.40. The molecule has 0 fully saturated rings. The zero-order valence-electron chi connectivity index (χ0n) is 7.70. The van der Waals surface area contributed by atoms with Crippen molar-refractivity contribution < 1.29 is 0 Å². The first kappa shape index (κ1) is 9.86. The number of anilines is 1. The first-order valence-electron chi connectivity index (χ1n) is 3.86. The van der Waals surface area contributed by atoms with Gasteiger partial charge in [0.15, 0.2) is 5.13 Å². The average Bonchev–Trinajstić information content (AvgIpc) is 2.47. The van der Waals surface area contributed by atoms with Crippen LogP contribution >= 0.6 is 23.1 Å². The Labute approximate surface area is 82.0 Å². The van der Waals surface area contributed by atoms with Crippen molar-refractivity contribution in [2.24, 2.45) is 0 Å². The van der Waals surface area contributed by atoms with E-state index in [1.807, 2.05) is 18.7 Å². The third-order valence-corrected chi connectivity index (χ3v) is 3.23. The Kier molecular flexibility index (Phi) is 3.88. The molecule has 0 radical (unpaired) electrons. The molecule has 0 spiro atoms. The molecule has 0 N–H and O–H groups in total. The first-order valence-corrected chi connectivity index (χ1v) is 6.13. The molecule has 2 nitrogen and oxygen atoms in total. The Morgan fingerprint density at radius 1 is 1.67 bits per heavy atom. The SMILES string of the molecule is CSCCN(C)c1nc(C)cs1. The number of aryl methyl sites for hydroxylation is 1. The van der Waals surface area contributed by atoms with Crippen LogP contribution in [0.15, 0.2) is 5.38 Å². The van der Waals surface area contributed by atoms with Crippen molar-refractivity contribution >= 4 is 28.2 Å². The predicted octanol–water partition coefficient (Wildman–Crippen LogP) is 2.25. The topological polar surface area (TPSA) is 16.1 Å². The van der Waals surface area contributed by atoms with Crippen LogP contribution in [0.4, 0.5) is 5.13 Å². The molecule has 0 aliphatic rings. The number of rotatable bonds is 4. The molecule has 0 saturated carbocycles. The molecule has 1 rings (SSSR count). The van der Waals surface area contributed by atoms with Crippen molar-refractivity contribution in [1.29, 1.82) is 0 Å². The van der Waals surface area contributed by atoms with Gasteiger partial charge in [0.2, 0.25) is 0 Å². The van der Waals surface area contributed by atoms with Crippen LogP contribution in [0, 0.1) is 6.92 Å². The summed E-state index contributed by atoms with van der Waals surface area (Å²) < 4.78 is 0. The standard InChI is InChI=1S/C8H14N2S2/c1-7-6-12-8(9-7)10(2)4-5-11-3/h6H,4-5H2,1-3H3. The van der Waals surface area contributed by atoms with Gasteiger partial charge in [-0.3, -0.25) is 0 Å². The molecule has 0 unspecified atom stereocenters. The van der Waals surface area contributed by atoms with E-state index in [4.69, 9.17) is 0 Å². The summed E-state index contributed by atoms with van der Waals surface area (Å²) >= 11 is 3.58. The van der Waals surface area contributed by atoms with Crippen LogP contribution in [0.3, 0.4) is 0 Å². The van der Waals surface area contributed by atoms with Gasteiger partial charge < -0.3 is 4.90 Å². The third-order valence-electron chi connectivity index (χ3n) is 1.56. The van der Waals surface area contributed by atoms with Gasteiger partial charge in [0, 0.05) is 24.7 Å². The van der Waals surface area contributed by atoms with E-state index < -0.39 is 0 Å². The van der Waals surface area contributed by atoms with Crippen LogP contribution in [-0.2, 0) is 0 Å². The molecule has 1 aromatic rings. The van der Waals surface area contributed by atoms with Gasteiger partial charge in [-0.1, -0.05) is 0 Å². The zero-order chi connectivity index (χ0) is 8.97. The molecule has 1 aromatic heterocycles. The highest BCUT2D eigenvalue weighted by Crippen LogP contribution is 2.18. The highest BCUT2D eigenvalue weighted by Gasteiger charge is 2.03. The number of thiazole rings is 1. The number of aromatic nitrogens is 1. The summed E-state index contributed by atoms with van der Waals surface area (Å²) in [4.78, 5) is 6.60. The maximum absolute atomic E-state index is 4.40. The van der Waals surface area contributed by atoms with Crippen LogP contribution in [0.1, 0.15) is 5.69 Å². The first-order chi connectivity index (χ1) is 5.74.